The number of nitrogens with one attached hydrogen (secondary N) is 2. The highest BCUT2D eigenvalue weighted by Gasteiger charge is 2.45. The predicted molar refractivity (Wildman–Crippen MR) is 111 cm³/mol. The second kappa shape index (κ2) is 8.79. The Balaban J connectivity index is 0.00000288. The third kappa shape index (κ3) is 6.83. The van der Waals surface area contributed by atoms with Crippen molar-refractivity contribution in [3.05, 3.63) is 15.6 Å². The van der Waals surface area contributed by atoms with Crippen LogP contribution >= 0.6 is 35.3 Å². The van der Waals surface area contributed by atoms with Crippen LogP contribution in [0.3, 0.4) is 0 Å². The molecule has 6 nitrogen and oxygen atoms in total. The van der Waals surface area contributed by atoms with Crippen LogP contribution in [0.15, 0.2) is 4.99 Å². The summed E-state index contributed by atoms with van der Waals surface area (Å²) in [4.78, 5) is 9.98. The topological polar surface area (TPSA) is 83.4 Å². The van der Waals surface area contributed by atoms with Gasteiger partial charge in [-0.15, -0.1) is 35.3 Å². The number of sulfone groups is 1. The molecule has 9 heteroatoms. The molecule has 1 aromatic heterocycles. The minimum atomic E-state index is -2.94. The summed E-state index contributed by atoms with van der Waals surface area (Å²) >= 11 is 1.73. The Morgan fingerprint density at radius 3 is 2.46 bits per heavy atom. The Kier molecular flexibility index (Phi) is 7.92. The number of guanidine groups is 1. The summed E-state index contributed by atoms with van der Waals surface area (Å²) in [6.45, 7) is 5.52. The van der Waals surface area contributed by atoms with Crippen molar-refractivity contribution >= 4 is 51.1 Å². The van der Waals surface area contributed by atoms with Gasteiger partial charge in [0.05, 0.1) is 16.5 Å². The molecule has 0 spiro atoms. The highest BCUT2D eigenvalue weighted by atomic mass is 127. The minimum absolute atomic E-state index is 0. The number of thiazole rings is 1. The van der Waals surface area contributed by atoms with Gasteiger partial charge < -0.3 is 10.6 Å². The summed E-state index contributed by atoms with van der Waals surface area (Å²) < 4.78 is 23.0. The van der Waals surface area contributed by atoms with Crippen LogP contribution in [-0.4, -0.2) is 51.5 Å². The number of aryl methyl sites for hydroxylation is 2. The van der Waals surface area contributed by atoms with Crippen molar-refractivity contribution in [1.29, 1.82) is 0 Å². The Morgan fingerprint density at radius 2 is 2.00 bits per heavy atom. The Bertz CT molecular complexity index is 662. The van der Waals surface area contributed by atoms with Gasteiger partial charge in [0.2, 0.25) is 0 Å². The van der Waals surface area contributed by atoms with E-state index in [2.05, 4.69) is 27.5 Å². The van der Waals surface area contributed by atoms with Crippen molar-refractivity contribution in [2.24, 2.45) is 10.4 Å². The number of nitrogens with zero attached hydrogens (tertiary/aromatic N) is 2. The van der Waals surface area contributed by atoms with Crippen LogP contribution in [0.25, 0.3) is 0 Å². The van der Waals surface area contributed by atoms with Gasteiger partial charge in [-0.05, 0) is 26.7 Å². The summed E-state index contributed by atoms with van der Waals surface area (Å²) in [5.41, 5.74) is 0.998. The molecule has 1 aromatic rings. The fourth-order valence-electron chi connectivity index (χ4n) is 2.53. The molecule has 24 heavy (non-hydrogen) atoms. The van der Waals surface area contributed by atoms with Gasteiger partial charge >= 0.3 is 0 Å². The molecule has 0 bridgehead atoms. The predicted octanol–water partition coefficient (Wildman–Crippen LogP) is 1.91. The standard InChI is InChI=1S/C15H26N4O2S2.HI/c1-11-12(2)22-13(19-11)5-8-17-14(16-3)18-9-15(6-7-15)10-23(4,20)21;/h5-10H2,1-4H3,(H2,16,17,18);1H. The summed E-state index contributed by atoms with van der Waals surface area (Å²) in [5, 5.41) is 7.64. The third-order valence-corrected chi connectivity index (χ3v) is 6.35. The SMILES string of the molecule is CN=C(NCCc1nc(C)c(C)s1)NCC1(CS(C)(=O)=O)CC1.I. The first-order valence-corrected chi connectivity index (χ1v) is 10.7. The first-order chi connectivity index (χ1) is 10.7. The fourth-order valence-corrected chi connectivity index (χ4v) is 4.97. The smallest absolute Gasteiger partial charge is 0.191 e. The summed E-state index contributed by atoms with van der Waals surface area (Å²) in [7, 11) is -1.21. The number of halogens is 1. The number of hydrogen-bond donors (Lipinski definition) is 2. The van der Waals surface area contributed by atoms with E-state index < -0.39 is 9.84 Å². The Hall–Kier alpha value is -0.420. The zero-order chi connectivity index (χ0) is 17.1. The van der Waals surface area contributed by atoms with Crippen molar-refractivity contribution in [2.45, 2.75) is 33.1 Å². The van der Waals surface area contributed by atoms with Gasteiger partial charge in [-0.1, -0.05) is 0 Å². The van der Waals surface area contributed by atoms with Crippen LogP contribution in [0, 0.1) is 19.3 Å². The van der Waals surface area contributed by atoms with Gasteiger partial charge in [0.1, 0.15) is 9.84 Å². The van der Waals surface area contributed by atoms with E-state index in [9.17, 15) is 8.42 Å². The van der Waals surface area contributed by atoms with E-state index in [1.54, 1.807) is 18.4 Å². The molecule has 0 unspecified atom stereocenters. The molecule has 1 aliphatic rings. The summed E-state index contributed by atoms with van der Waals surface area (Å²) in [6.07, 6.45) is 4.08. The Morgan fingerprint density at radius 1 is 1.33 bits per heavy atom. The average molecular weight is 486 g/mol. The molecule has 0 aliphatic heterocycles. The number of aliphatic imine (C=N–C) groups is 1. The quantitative estimate of drug-likeness (QED) is 0.350. The lowest BCUT2D eigenvalue weighted by atomic mass is 10.1. The average Bonchev–Trinajstić information content (AvgIpc) is 3.11. The maximum atomic E-state index is 11.5. The van der Waals surface area contributed by atoms with E-state index in [1.165, 1.54) is 11.1 Å². The highest BCUT2D eigenvalue weighted by molar-refractivity contribution is 14.0. The van der Waals surface area contributed by atoms with Gasteiger partial charge in [-0.2, -0.15) is 0 Å². The molecule has 1 saturated carbocycles. The molecule has 1 fully saturated rings. The maximum absolute atomic E-state index is 11.5. The van der Waals surface area contributed by atoms with Crippen LogP contribution in [0.2, 0.25) is 0 Å². The second-order valence-corrected chi connectivity index (χ2v) is 9.85. The summed E-state index contributed by atoms with van der Waals surface area (Å²) in [6, 6.07) is 0. The summed E-state index contributed by atoms with van der Waals surface area (Å²) in [5.74, 6) is 0.969. The number of hydrogen-bond acceptors (Lipinski definition) is 5. The first-order valence-electron chi connectivity index (χ1n) is 7.78. The third-order valence-electron chi connectivity index (χ3n) is 4.08. The Labute approximate surface area is 165 Å². The monoisotopic (exact) mass is 486 g/mol. The molecule has 1 heterocycles. The zero-order valence-corrected chi connectivity index (χ0v) is 18.6. The van der Waals surface area contributed by atoms with Crippen molar-refractivity contribution in [3.63, 3.8) is 0 Å². The van der Waals surface area contributed by atoms with Crippen molar-refractivity contribution < 1.29 is 8.42 Å². The van der Waals surface area contributed by atoms with E-state index in [-0.39, 0.29) is 35.1 Å². The van der Waals surface area contributed by atoms with Crippen LogP contribution in [0.1, 0.15) is 28.4 Å². The van der Waals surface area contributed by atoms with Crippen molar-refractivity contribution in [3.8, 4) is 0 Å². The molecule has 2 N–H and O–H groups in total. The molecule has 0 amide bonds. The second-order valence-electron chi connectivity index (χ2n) is 6.42. The van der Waals surface area contributed by atoms with Gasteiger partial charge in [-0.25, -0.2) is 13.4 Å². The van der Waals surface area contributed by atoms with Crippen LogP contribution in [0.5, 0.6) is 0 Å². The van der Waals surface area contributed by atoms with Gasteiger partial charge in [0, 0.05) is 43.1 Å². The minimum Gasteiger partial charge on any atom is -0.356 e. The van der Waals surface area contributed by atoms with E-state index in [0.717, 1.165) is 42.5 Å². The van der Waals surface area contributed by atoms with Gasteiger partial charge in [-0.3, -0.25) is 4.99 Å². The molecular weight excluding hydrogens is 459 g/mol. The van der Waals surface area contributed by atoms with Gasteiger partial charge in [0.25, 0.3) is 0 Å². The normalized spacial score (nSPS) is 16.4. The molecule has 0 atom stereocenters. The van der Waals surface area contributed by atoms with Crippen molar-refractivity contribution in [2.75, 3.05) is 32.1 Å². The first kappa shape index (κ1) is 21.6. The van der Waals surface area contributed by atoms with E-state index in [4.69, 9.17) is 0 Å². The number of aromatic nitrogens is 1. The maximum Gasteiger partial charge on any atom is 0.191 e. The van der Waals surface area contributed by atoms with Crippen LogP contribution in [0.4, 0.5) is 0 Å². The highest BCUT2D eigenvalue weighted by Crippen LogP contribution is 2.45. The molecule has 0 saturated heterocycles. The molecule has 0 radical (unpaired) electrons. The van der Waals surface area contributed by atoms with Crippen LogP contribution < -0.4 is 10.6 Å². The zero-order valence-electron chi connectivity index (χ0n) is 14.7. The fraction of sp³-hybridized carbons (Fsp3) is 0.733. The number of rotatable bonds is 7. The van der Waals surface area contributed by atoms with E-state index in [1.807, 2.05) is 6.92 Å². The van der Waals surface area contributed by atoms with Gasteiger partial charge in [0.15, 0.2) is 5.96 Å². The molecular formula is C15H27IN4O2S2. The van der Waals surface area contributed by atoms with Crippen molar-refractivity contribution in [1.82, 2.24) is 15.6 Å². The molecule has 0 aromatic carbocycles. The lowest BCUT2D eigenvalue weighted by Crippen LogP contribution is -2.42. The lowest BCUT2D eigenvalue weighted by Gasteiger charge is -2.17. The van der Waals surface area contributed by atoms with Crippen LogP contribution in [-0.2, 0) is 16.3 Å². The molecule has 2 rings (SSSR count). The van der Waals surface area contributed by atoms with E-state index in [0.29, 0.717) is 6.54 Å². The van der Waals surface area contributed by atoms with E-state index >= 15 is 0 Å². The largest absolute Gasteiger partial charge is 0.356 e. The molecule has 1 aliphatic carbocycles. The lowest BCUT2D eigenvalue weighted by molar-refractivity contribution is 0.529. The molecule has 138 valence electrons.